The highest BCUT2D eigenvalue weighted by Gasteiger charge is 2.26. The molecule has 3 heteroatoms. The topological polar surface area (TPSA) is 29.5 Å². The van der Waals surface area contributed by atoms with Crippen LogP contribution >= 0.6 is 0 Å². The monoisotopic (exact) mass is 703 g/mol. The number of fused-ring (bicyclic) bond motifs is 8. The lowest BCUT2D eigenvalue weighted by molar-refractivity contribution is 0.663. The Bertz CT molecular complexity index is 3180. The van der Waals surface area contributed by atoms with Crippen molar-refractivity contribution < 1.29 is 8.83 Å². The van der Waals surface area contributed by atoms with Crippen LogP contribution in [0.15, 0.2) is 209 Å². The van der Waals surface area contributed by atoms with Crippen LogP contribution in [0.4, 0.5) is 17.1 Å². The largest absolute Gasteiger partial charge is 0.456 e. The van der Waals surface area contributed by atoms with Gasteiger partial charge in [0.1, 0.15) is 16.7 Å². The zero-order valence-electron chi connectivity index (χ0n) is 29.8. The molecule has 0 saturated carbocycles. The lowest BCUT2D eigenvalue weighted by atomic mass is 9.96. The van der Waals surface area contributed by atoms with E-state index in [1.807, 2.05) is 24.3 Å². The summed E-state index contributed by atoms with van der Waals surface area (Å²) in [6.45, 7) is 0. The summed E-state index contributed by atoms with van der Waals surface area (Å²) in [4.78, 5) is 2.37. The zero-order chi connectivity index (χ0) is 36.3. The molecule has 0 N–H and O–H groups in total. The molecular formula is C52H33NO2. The Morgan fingerprint density at radius 2 is 0.873 bits per heavy atom. The molecule has 0 aliphatic rings. The molecule has 0 atom stereocenters. The Labute approximate surface area is 317 Å². The molecule has 55 heavy (non-hydrogen) atoms. The number of rotatable bonds is 6. The quantitative estimate of drug-likeness (QED) is 0.173. The lowest BCUT2D eigenvalue weighted by Gasteiger charge is -2.28. The molecule has 0 saturated heterocycles. The highest BCUT2D eigenvalue weighted by molar-refractivity contribution is 6.27. The van der Waals surface area contributed by atoms with Gasteiger partial charge < -0.3 is 13.7 Å². The Hall–Kier alpha value is -7.36. The summed E-state index contributed by atoms with van der Waals surface area (Å²) in [7, 11) is 0. The number of hydrogen-bond acceptors (Lipinski definition) is 3. The third kappa shape index (κ3) is 5.20. The molecule has 11 aromatic rings. The van der Waals surface area contributed by atoms with Crippen molar-refractivity contribution in [2.24, 2.45) is 0 Å². The van der Waals surface area contributed by atoms with Crippen molar-refractivity contribution in [3.05, 3.63) is 200 Å². The van der Waals surface area contributed by atoms with Gasteiger partial charge in [-0.3, -0.25) is 0 Å². The number of para-hydroxylation sites is 1. The lowest BCUT2D eigenvalue weighted by Crippen LogP contribution is -2.11. The molecule has 0 unspecified atom stereocenters. The van der Waals surface area contributed by atoms with Gasteiger partial charge in [-0.15, -0.1) is 0 Å². The van der Waals surface area contributed by atoms with Crippen LogP contribution in [-0.2, 0) is 0 Å². The molecule has 3 nitrogen and oxygen atoms in total. The number of anilines is 3. The van der Waals surface area contributed by atoms with Crippen LogP contribution in [-0.4, -0.2) is 0 Å². The van der Waals surface area contributed by atoms with Gasteiger partial charge in [0.05, 0.1) is 5.69 Å². The van der Waals surface area contributed by atoms with Crippen molar-refractivity contribution in [2.45, 2.75) is 0 Å². The molecule has 0 fully saturated rings. The minimum atomic E-state index is 0.817. The average Bonchev–Trinajstić information content (AvgIpc) is 3.83. The summed E-state index contributed by atoms with van der Waals surface area (Å²) in [5.41, 5.74) is 13.3. The first-order chi connectivity index (χ1) is 27.3. The molecule has 0 radical (unpaired) electrons. The van der Waals surface area contributed by atoms with E-state index < -0.39 is 0 Å². The van der Waals surface area contributed by atoms with Crippen LogP contribution in [0, 0.1) is 0 Å². The number of nitrogens with zero attached hydrogens (tertiary/aromatic N) is 1. The molecule has 0 spiro atoms. The summed E-state index contributed by atoms with van der Waals surface area (Å²) in [5.74, 6) is 0. The van der Waals surface area contributed by atoms with E-state index in [0.29, 0.717) is 0 Å². The second kappa shape index (κ2) is 12.6. The normalized spacial score (nSPS) is 11.6. The molecule has 258 valence electrons. The van der Waals surface area contributed by atoms with Crippen LogP contribution in [0.2, 0.25) is 0 Å². The highest BCUT2D eigenvalue weighted by Crippen LogP contribution is 2.50. The molecule has 9 aromatic carbocycles. The predicted molar refractivity (Wildman–Crippen MR) is 229 cm³/mol. The van der Waals surface area contributed by atoms with E-state index in [-0.39, 0.29) is 0 Å². The molecule has 0 amide bonds. The van der Waals surface area contributed by atoms with Gasteiger partial charge in [0, 0.05) is 38.5 Å². The van der Waals surface area contributed by atoms with E-state index in [4.69, 9.17) is 8.83 Å². The van der Waals surface area contributed by atoms with Crippen molar-refractivity contribution in [3.8, 4) is 33.4 Å². The van der Waals surface area contributed by atoms with E-state index >= 15 is 0 Å². The van der Waals surface area contributed by atoms with Crippen molar-refractivity contribution in [3.63, 3.8) is 0 Å². The first kappa shape index (κ1) is 31.2. The summed E-state index contributed by atoms with van der Waals surface area (Å²) in [6, 6.07) is 70.9. The maximum atomic E-state index is 7.09. The van der Waals surface area contributed by atoms with E-state index in [1.54, 1.807) is 0 Å². The first-order valence-corrected chi connectivity index (χ1v) is 18.7. The van der Waals surface area contributed by atoms with Crippen molar-refractivity contribution in [1.29, 1.82) is 0 Å². The van der Waals surface area contributed by atoms with Crippen LogP contribution in [0.25, 0.3) is 88.0 Å². The van der Waals surface area contributed by atoms with Gasteiger partial charge in [0.2, 0.25) is 0 Å². The van der Waals surface area contributed by atoms with Gasteiger partial charge in [-0.2, -0.15) is 0 Å². The Morgan fingerprint density at radius 1 is 0.327 bits per heavy atom. The maximum Gasteiger partial charge on any atom is 0.160 e. The second-order valence-electron chi connectivity index (χ2n) is 14.1. The Kier molecular flexibility index (Phi) is 7.17. The fourth-order valence-electron chi connectivity index (χ4n) is 8.22. The Balaban J connectivity index is 1.21. The summed E-state index contributed by atoms with van der Waals surface area (Å²) < 4.78 is 13.5. The fraction of sp³-hybridized carbons (Fsp3) is 0. The molecular weight excluding hydrogens is 671 g/mol. The first-order valence-electron chi connectivity index (χ1n) is 18.7. The van der Waals surface area contributed by atoms with E-state index in [2.05, 4.69) is 181 Å². The SMILES string of the molecule is c1ccc(-c2ccc(-c3ccc4c(oc5ccc6oc7ccccc7c6c54)c3N(c3ccc(-c4ccccc4)cc3)c3ccc4ccccc4c3)cc2)cc1. The Morgan fingerprint density at radius 3 is 1.60 bits per heavy atom. The van der Waals surface area contributed by atoms with Crippen molar-refractivity contribution >= 4 is 71.7 Å². The minimum Gasteiger partial charge on any atom is -0.456 e. The molecule has 2 aromatic heterocycles. The molecule has 0 aliphatic carbocycles. The molecule has 11 rings (SSSR count). The third-order valence-corrected chi connectivity index (χ3v) is 10.9. The maximum absolute atomic E-state index is 7.09. The highest BCUT2D eigenvalue weighted by atomic mass is 16.3. The van der Waals surface area contributed by atoms with Gasteiger partial charge in [0.25, 0.3) is 0 Å². The zero-order valence-corrected chi connectivity index (χ0v) is 29.8. The number of furan rings is 2. The van der Waals surface area contributed by atoms with Gasteiger partial charge in [0.15, 0.2) is 5.58 Å². The van der Waals surface area contributed by atoms with E-state index in [9.17, 15) is 0 Å². The standard InChI is InChI=1S/C52H33NO2/c1-3-11-34(12-4-1)37-19-21-39(22-20-37)43-29-30-45-50-48(32-31-47-49(50)44-17-9-10-18-46(44)54-47)55-52(45)51(43)53(42-28-25-36-15-7-8-16-40(36)33-42)41-26-23-38(24-27-41)35-13-5-2-6-14-35/h1-33H. The smallest absolute Gasteiger partial charge is 0.160 e. The second-order valence-corrected chi connectivity index (χ2v) is 14.1. The van der Waals surface area contributed by atoms with Gasteiger partial charge in [-0.25, -0.2) is 0 Å². The van der Waals surface area contributed by atoms with E-state index in [1.165, 1.54) is 27.5 Å². The average molecular weight is 704 g/mol. The minimum absolute atomic E-state index is 0.817. The van der Waals surface area contributed by atoms with Crippen LogP contribution in [0.5, 0.6) is 0 Å². The summed E-state index contributed by atoms with van der Waals surface area (Å²) in [5, 5.41) is 6.61. The van der Waals surface area contributed by atoms with Crippen LogP contribution in [0.1, 0.15) is 0 Å². The summed E-state index contributed by atoms with van der Waals surface area (Å²) in [6.07, 6.45) is 0. The summed E-state index contributed by atoms with van der Waals surface area (Å²) >= 11 is 0. The van der Waals surface area contributed by atoms with Crippen molar-refractivity contribution in [1.82, 2.24) is 0 Å². The molecule has 0 bridgehead atoms. The van der Waals surface area contributed by atoms with Crippen LogP contribution < -0.4 is 4.90 Å². The third-order valence-electron chi connectivity index (χ3n) is 10.9. The molecule has 0 aliphatic heterocycles. The van der Waals surface area contributed by atoms with Crippen LogP contribution in [0.3, 0.4) is 0 Å². The number of hydrogen-bond donors (Lipinski definition) is 0. The predicted octanol–water partition coefficient (Wildman–Crippen LogP) is 15.1. The van der Waals surface area contributed by atoms with E-state index in [0.717, 1.165) is 77.6 Å². The number of benzene rings is 9. The fourth-order valence-corrected chi connectivity index (χ4v) is 8.22. The van der Waals surface area contributed by atoms with Gasteiger partial charge in [-0.1, -0.05) is 152 Å². The van der Waals surface area contributed by atoms with Gasteiger partial charge >= 0.3 is 0 Å². The molecule has 2 heterocycles. The van der Waals surface area contributed by atoms with Crippen molar-refractivity contribution in [2.75, 3.05) is 4.90 Å². The van der Waals surface area contributed by atoms with Gasteiger partial charge in [-0.05, 0) is 87.1 Å².